The first kappa shape index (κ1) is 101. The van der Waals surface area contributed by atoms with Crippen LogP contribution in [0.1, 0.15) is 163 Å². The third-order valence-corrected chi connectivity index (χ3v) is 19.7. The number of aromatic amines is 1. The summed E-state index contributed by atoms with van der Waals surface area (Å²) >= 11 is 0. The molecule has 1 aromatic heterocycles. The Morgan fingerprint density at radius 1 is 0.613 bits per heavy atom. The second kappa shape index (κ2) is 50.6. The van der Waals surface area contributed by atoms with Gasteiger partial charge in [-0.15, -0.1) is 0 Å². The Labute approximate surface area is 685 Å². The summed E-state index contributed by atoms with van der Waals surface area (Å²) in [6.07, 6.45) is -5.01. The second-order valence-corrected chi connectivity index (χ2v) is 29.4. The van der Waals surface area contributed by atoms with Gasteiger partial charge in [0, 0.05) is 50.5 Å². The number of ether oxygens (including phenoxy) is 2. The number of benzene rings is 1. The molecular formula is C75H115N17O27. The number of likely N-dealkylation sites (N-methyl/N-ethyl adjacent to an activating group) is 1. The van der Waals surface area contributed by atoms with E-state index in [1.807, 2.05) is 5.32 Å². The van der Waals surface area contributed by atoms with Crippen molar-refractivity contribution in [2.45, 2.75) is 249 Å². The minimum Gasteiger partial charge on any atom is -0.481 e. The molecule has 0 spiro atoms. The number of hydrogen-bond donors (Lipinski definition) is 21. The zero-order valence-corrected chi connectivity index (χ0v) is 67.9. The van der Waals surface area contributed by atoms with Crippen molar-refractivity contribution in [2.24, 2.45) is 35.0 Å². The van der Waals surface area contributed by atoms with Crippen LogP contribution in [0.4, 0.5) is 0 Å². The number of H-pyrrole nitrogens is 1. The van der Waals surface area contributed by atoms with Gasteiger partial charge in [0.1, 0.15) is 72.6 Å². The molecule has 15 amide bonds. The number of carbonyl (C=O) groups is 20. The molecule has 17 atom stereocenters. The van der Waals surface area contributed by atoms with Crippen LogP contribution in [0.15, 0.2) is 30.5 Å². The number of carboxylic acid groups (broad SMARTS) is 4. The molecule has 0 aliphatic carbocycles. The number of unbranched alkanes of at least 4 members (excludes halogenated alkanes) is 5. The quantitative estimate of drug-likeness (QED) is 0.0220. The molecule has 2 heterocycles. The van der Waals surface area contributed by atoms with Gasteiger partial charge in [-0.1, -0.05) is 97.8 Å². The third kappa shape index (κ3) is 34.3. The van der Waals surface area contributed by atoms with Gasteiger partial charge in [0.15, 0.2) is 12.2 Å². The number of aliphatic hydroxyl groups excluding tert-OH is 1. The highest BCUT2D eigenvalue weighted by Crippen LogP contribution is 2.22. The summed E-state index contributed by atoms with van der Waals surface area (Å²) in [5.41, 5.74) is 17.8. The summed E-state index contributed by atoms with van der Waals surface area (Å²) in [5.74, 6) is -30.5. The van der Waals surface area contributed by atoms with E-state index in [9.17, 15) is 117 Å². The van der Waals surface area contributed by atoms with Gasteiger partial charge in [0.25, 0.3) is 0 Å². The number of fused-ring (bicyclic) bond motifs is 1. The summed E-state index contributed by atoms with van der Waals surface area (Å²) in [6.45, 7) is 7.87. The molecule has 1 fully saturated rings. The van der Waals surface area contributed by atoms with E-state index < -0.39 is 260 Å². The molecule has 1 aliphatic heterocycles. The molecule has 0 radical (unpaired) electrons. The summed E-state index contributed by atoms with van der Waals surface area (Å²) in [7, 11) is 1.70. The number of aliphatic hydroxyl groups is 1. The lowest BCUT2D eigenvalue weighted by Gasteiger charge is -2.33. The lowest BCUT2D eigenvalue weighted by Crippen LogP contribution is -2.64. The Morgan fingerprint density at radius 3 is 1.82 bits per heavy atom. The zero-order valence-electron chi connectivity index (χ0n) is 67.9. The summed E-state index contributed by atoms with van der Waals surface area (Å²) in [6, 6.07) is -15.7. The zero-order chi connectivity index (χ0) is 89.7. The van der Waals surface area contributed by atoms with E-state index in [0.29, 0.717) is 40.1 Å². The molecule has 5 unspecified atom stereocenters. The monoisotopic (exact) mass is 1690 g/mol. The molecule has 3 rings (SSSR count). The number of aliphatic carboxylic acids is 4. The van der Waals surface area contributed by atoms with Gasteiger partial charge in [-0.3, -0.25) is 86.3 Å². The maximum atomic E-state index is 15.0. The van der Waals surface area contributed by atoms with Crippen molar-refractivity contribution in [1.29, 1.82) is 0 Å². The highest BCUT2D eigenvalue weighted by atomic mass is 16.5. The van der Waals surface area contributed by atoms with Crippen molar-refractivity contribution < 1.29 is 131 Å². The van der Waals surface area contributed by atoms with Crippen molar-refractivity contribution in [3.8, 4) is 0 Å². The first-order chi connectivity index (χ1) is 56.0. The maximum Gasteiger partial charge on any atom is 0.335 e. The number of para-hydroxylation sites is 1. The highest BCUT2D eigenvalue weighted by molar-refractivity contribution is 6.03. The Kier molecular flexibility index (Phi) is 43.1. The average Bonchev–Trinajstić information content (AvgIpc) is 1.70. The fourth-order valence-corrected chi connectivity index (χ4v) is 12.4. The standard InChI is InChI=1S/C75H115N17O27/c1-10-36(3)21-15-13-12-14-16-25-50(94)82-46(30-41-33-79-43-23-18-17-22-42(41)43)67(108)85-45(26-27-53(97)98)66(107)90-59(61(103)63(78)104)72(113)89-58-40(7)119-75(117)57(37(4)11-2)88-71(112)56(38(5)29-54(99)100)87-69(110)47(31-49(77)93)83-51(95)34-80-70(111)60(62(118-9)74(115)116)91-65(106)44(24-19-20-28-76)84-68(109)48(32-55(101)102)86-64(105)39(6)81-52(96)35-92(8)73(58)114/h17-18,22-23,33,36-40,44-48,56-62,79,103H,10-16,19-21,24-32,34-35,76H2,1-9H3,(H2,77,93)(H2,78,104)(H,80,111)(H,81,96)(H,82,94)(H,83,95)(H,84,109)(H,85,108)(H,86,105)(H,87,110)(H,88,112)(H,89,113)(H,90,107)(H,91,106)(H,97,98)(H,99,100)(H,101,102)(H,115,116)/t36?,37-,38+,39-,40?,44+,45+,46-,47+,48?,56?,57-,58?,59-,60-,61+,62+/m0/s1. The Bertz CT molecular complexity index is 3930. The van der Waals surface area contributed by atoms with Crippen LogP contribution in [0, 0.1) is 17.8 Å². The minimum atomic E-state index is -2.80. The van der Waals surface area contributed by atoms with Crippen LogP contribution < -0.4 is 81.0 Å². The van der Waals surface area contributed by atoms with E-state index in [0.717, 1.165) is 67.0 Å². The van der Waals surface area contributed by atoms with Crippen molar-refractivity contribution in [1.82, 2.24) is 73.7 Å². The Morgan fingerprint density at radius 2 is 1.22 bits per heavy atom. The molecule has 44 nitrogen and oxygen atoms in total. The van der Waals surface area contributed by atoms with E-state index in [4.69, 9.17) is 26.7 Å². The van der Waals surface area contributed by atoms with Crippen LogP contribution in [0.5, 0.6) is 0 Å². The first-order valence-electron chi connectivity index (χ1n) is 38.9. The van der Waals surface area contributed by atoms with Gasteiger partial charge in [-0.05, 0) is 81.9 Å². The number of nitrogens with zero attached hydrogens (tertiary/aromatic N) is 1. The number of amides is 15. The van der Waals surface area contributed by atoms with E-state index in [1.165, 1.54) is 13.8 Å². The highest BCUT2D eigenvalue weighted by Gasteiger charge is 2.44. The molecule has 2 aromatic rings. The molecule has 0 bridgehead atoms. The minimum absolute atomic E-state index is 0.00436. The number of cyclic esters (lactones) is 1. The SMILES string of the molecule is CCC(C)CCCCCCCC(=O)N[C@@H](Cc1c[nH]c2ccccc12)C(=O)N[C@H](CCC(=O)O)C(=O)N[C@H](C(=O)NC1C(=O)N(C)CC(=O)N[C@@H](C)C(=O)NC(CC(=O)O)C(=O)N[C@H](CCCCN)C(=O)N[C@@H]([C@@H](OC)C(=O)O)C(=O)NCC(=O)N[C@H](CC(N)=O)C(=O)NC([C@H](C)CC(=O)O)C(=O)N[C@@H]([C@@H](C)CC)C(=O)OC1C)[C@@H](O)C(N)=O. The number of primary amides is 2. The van der Waals surface area contributed by atoms with Crippen molar-refractivity contribution >= 4 is 129 Å². The predicted molar refractivity (Wildman–Crippen MR) is 417 cm³/mol. The number of hydrogen-bond acceptors (Lipinski definition) is 24. The lowest BCUT2D eigenvalue weighted by molar-refractivity contribution is -0.159. The van der Waals surface area contributed by atoms with Crippen LogP contribution in [0.25, 0.3) is 10.9 Å². The molecule has 24 N–H and O–H groups in total. The van der Waals surface area contributed by atoms with Gasteiger partial charge < -0.3 is 126 Å². The summed E-state index contributed by atoms with van der Waals surface area (Å²) in [4.78, 5) is 279. The smallest absolute Gasteiger partial charge is 0.335 e. The lowest BCUT2D eigenvalue weighted by atomic mass is 9.94. The number of nitrogens with two attached hydrogens (primary N) is 3. The van der Waals surface area contributed by atoms with Gasteiger partial charge in [-0.25, -0.2) is 9.59 Å². The van der Waals surface area contributed by atoms with Crippen LogP contribution in [0.2, 0.25) is 0 Å². The Balaban J connectivity index is 2.29. The molecule has 662 valence electrons. The molecule has 44 heteroatoms. The number of esters is 1. The molecule has 119 heavy (non-hydrogen) atoms. The summed E-state index contributed by atoms with van der Waals surface area (Å²) < 4.78 is 10.8. The molecule has 1 saturated heterocycles. The predicted octanol–water partition coefficient (Wildman–Crippen LogP) is -5.19. The number of aromatic nitrogens is 1. The number of nitrogens with one attached hydrogen (secondary N) is 13. The largest absolute Gasteiger partial charge is 0.481 e. The van der Waals surface area contributed by atoms with E-state index >= 15 is 4.79 Å². The molecular weight excluding hydrogens is 1570 g/mol. The molecule has 1 aromatic carbocycles. The van der Waals surface area contributed by atoms with Crippen LogP contribution >= 0.6 is 0 Å². The van der Waals surface area contributed by atoms with Crippen molar-refractivity contribution in [3.63, 3.8) is 0 Å². The summed E-state index contributed by atoms with van der Waals surface area (Å²) in [5, 5.41) is 78.5. The average molecular weight is 1690 g/mol. The fourth-order valence-electron chi connectivity index (χ4n) is 12.4. The normalized spacial score (nSPS) is 22.1. The second-order valence-electron chi connectivity index (χ2n) is 29.4. The molecule has 1 aliphatic rings. The van der Waals surface area contributed by atoms with Crippen molar-refractivity contribution in [2.75, 3.05) is 33.8 Å². The van der Waals surface area contributed by atoms with E-state index in [-0.39, 0.29) is 45.1 Å². The number of carboxylic acids is 4. The fraction of sp³-hybridized carbons (Fsp3) is 0.627. The number of rotatable bonds is 39. The topological polar surface area (TPSA) is 702 Å². The maximum absolute atomic E-state index is 15.0. The van der Waals surface area contributed by atoms with Gasteiger partial charge >= 0.3 is 29.8 Å². The third-order valence-electron chi connectivity index (χ3n) is 19.7. The van der Waals surface area contributed by atoms with Gasteiger partial charge in [-0.2, -0.15) is 0 Å². The van der Waals surface area contributed by atoms with Crippen LogP contribution in [0.3, 0.4) is 0 Å². The number of methoxy groups -OCH3 is 1. The number of carbonyl (C=O) groups excluding carboxylic acids is 16. The first-order valence-corrected chi connectivity index (χ1v) is 38.9. The van der Waals surface area contributed by atoms with E-state index in [2.05, 4.69) is 77.3 Å². The Hall–Kier alpha value is -12.0. The van der Waals surface area contributed by atoms with Crippen molar-refractivity contribution in [3.05, 3.63) is 36.0 Å². The van der Waals surface area contributed by atoms with Gasteiger partial charge in [0.05, 0.1) is 32.4 Å². The van der Waals surface area contributed by atoms with Crippen LogP contribution in [-0.4, -0.2) is 272 Å². The van der Waals surface area contributed by atoms with Gasteiger partial charge in [0.2, 0.25) is 88.6 Å². The van der Waals surface area contributed by atoms with Crippen LogP contribution in [-0.2, 0) is 112 Å². The van der Waals surface area contributed by atoms with E-state index in [1.54, 1.807) is 30.5 Å². The molecule has 0 saturated carbocycles.